The Bertz CT molecular complexity index is 919. The van der Waals surface area contributed by atoms with E-state index in [1.54, 1.807) is 24.3 Å². The van der Waals surface area contributed by atoms with Gasteiger partial charge in [0.25, 0.3) is 0 Å². The Hall–Kier alpha value is -2.09. The normalized spacial score (nSPS) is 20.9. The van der Waals surface area contributed by atoms with E-state index in [-0.39, 0.29) is 31.0 Å². The van der Waals surface area contributed by atoms with Gasteiger partial charge < -0.3 is 35.0 Å². The summed E-state index contributed by atoms with van der Waals surface area (Å²) in [6, 6.07) is 13.7. The first kappa shape index (κ1) is 26.5. The molecule has 2 atom stereocenters. The molecule has 0 radical (unpaired) electrons. The standard InChI is InChI=1S/C25H36NO7P/c27-16-20-14-23(8-11-25(20)29)32-17-21(28)15-26-13-12-19-6-9-24(10-7-19)34(30,31)18-33-22-4-2-1-3-5-22/h1-5,8,11,14,19,21,24,26-29H,6-7,9-10,12-13,15-18H2,(H,30,31)/t19?,21-,24?/m0/s1. The van der Waals surface area contributed by atoms with Gasteiger partial charge in [0.1, 0.15) is 30.0 Å². The van der Waals surface area contributed by atoms with Gasteiger partial charge in [-0.15, -0.1) is 0 Å². The number of para-hydroxylation sites is 1. The van der Waals surface area contributed by atoms with Gasteiger partial charge in [-0.3, -0.25) is 4.57 Å². The molecule has 34 heavy (non-hydrogen) atoms. The lowest BCUT2D eigenvalue weighted by atomic mass is 9.86. The van der Waals surface area contributed by atoms with Crippen molar-refractivity contribution in [3.05, 3.63) is 54.1 Å². The molecule has 0 aromatic heterocycles. The quantitative estimate of drug-likeness (QED) is 0.212. The zero-order chi connectivity index (χ0) is 24.4. The van der Waals surface area contributed by atoms with Gasteiger partial charge in [0.2, 0.25) is 7.37 Å². The Morgan fingerprint density at radius 2 is 1.76 bits per heavy atom. The van der Waals surface area contributed by atoms with Crippen molar-refractivity contribution < 1.29 is 34.3 Å². The van der Waals surface area contributed by atoms with Gasteiger partial charge in [-0.25, -0.2) is 0 Å². The molecule has 2 aromatic carbocycles. The third-order valence-corrected chi connectivity index (χ3v) is 8.48. The van der Waals surface area contributed by atoms with Crippen LogP contribution in [-0.2, 0) is 11.2 Å². The number of ether oxygens (including phenoxy) is 2. The number of hydrogen-bond donors (Lipinski definition) is 5. The van der Waals surface area contributed by atoms with E-state index in [9.17, 15) is 24.8 Å². The third-order valence-electron chi connectivity index (χ3n) is 6.32. The average Bonchev–Trinajstić information content (AvgIpc) is 2.86. The topological polar surface area (TPSA) is 128 Å². The zero-order valence-electron chi connectivity index (χ0n) is 19.4. The summed E-state index contributed by atoms with van der Waals surface area (Å²) in [5.41, 5.74) is 0.173. The molecule has 1 aliphatic rings. The van der Waals surface area contributed by atoms with Crippen LogP contribution in [0.2, 0.25) is 0 Å². The van der Waals surface area contributed by atoms with Gasteiger partial charge in [0, 0.05) is 17.8 Å². The van der Waals surface area contributed by atoms with Crippen LogP contribution in [0.25, 0.3) is 0 Å². The Balaban J connectivity index is 1.28. The third kappa shape index (κ3) is 8.29. The lowest BCUT2D eigenvalue weighted by Crippen LogP contribution is -2.33. The Morgan fingerprint density at radius 1 is 1.03 bits per heavy atom. The molecule has 188 valence electrons. The molecule has 1 fully saturated rings. The van der Waals surface area contributed by atoms with Crippen LogP contribution in [0.15, 0.2) is 48.5 Å². The van der Waals surface area contributed by atoms with Gasteiger partial charge in [-0.05, 0) is 74.9 Å². The van der Waals surface area contributed by atoms with E-state index in [2.05, 4.69) is 5.32 Å². The molecule has 3 rings (SSSR count). The van der Waals surface area contributed by atoms with Crippen LogP contribution in [0.1, 0.15) is 37.7 Å². The number of phenols is 1. The van der Waals surface area contributed by atoms with Crippen molar-refractivity contribution in [1.82, 2.24) is 5.32 Å². The summed E-state index contributed by atoms with van der Waals surface area (Å²) >= 11 is 0. The summed E-state index contributed by atoms with van der Waals surface area (Å²) in [5.74, 6) is 1.60. The second kappa shape index (κ2) is 13.1. The number of hydrogen-bond acceptors (Lipinski definition) is 7. The molecule has 0 saturated heterocycles. The minimum Gasteiger partial charge on any atom is -0.508 e. The van der Waals surface area contributed by atoms with Gasteiger partial charge in [-0.1, -0.05) is 18.2 Å². The van der Waals surface area contributed by atoms with Crippen molar-refractivity contribution in [2.24, 2.45) is 5.92 Å². The number of rotatable bonds is 13. The van der Waals surface area contributed by atoms with E-state index >= 15 is 0 Å². The van der Waals surface area contributed by atoms with Crippen LogP contribution >= 0.6 is 7.37 Å². The summed E-state index contributed by atoms with van der Waals surface area (Å²) in [7, 11) is -3.36. The van der Waals surface area contributed by atoms with E-state index in [4.69, 9.17) is 9.47 Å². The van der Waals surface area contributed by atoms with Crippen LogP contribution in [0.3, 0.4) is 0 Å². The average molecular weight is 494 g/mol. The highest BCUT2D eigenvalue weighted by atomic mass is 31.2. The second-order valence-electron chi connectivity index (χ2n) is 8.92. The number of aliphatic hydroxyl groups excluding tert-OH is 2. The molecule has 0 spiro atoms. The fourth-order valence-electron chi connectivity index (χ4n) is 4.23. The van der Waals surface area contributed by atoms with Crippen molar-refractivity contribution >= 4 is 7.37 Å². The van der Waals surface area contributed by atoms with E-state index in [1.165, 1.54) is 6.07 Å². The predicted octanol–water partition coefficient (Wildman–Crippen LogP) is 3.47. The van der Waals surface area contributed by atoms with Crippen molar-refractivity contribution in [1.29, 1.82) is 0 Å². The number of nitrogens with one attached hydrogen (secondary N) is 1. The molecule has 1 unspecified atom stereocenters. The first-order valence-corrected chi connectivity index (χ1v) is 13.7. The van der Waals surface area contributed by atoms with Crippen LogP contribution in [0.4, 0.5) is 0 Å². The Labute approximate surface area is 201 Å². The lowest BCUT2D eigenvalue weighted by Gasteiger charge is -2.31. The molecule has 0 heterocycles. The molecule has 0 amide bonds. The summed E-state index contributed by atoms with van der Waals surface area (Å²) in [4.78, 5) is 10.5. The van der Waals surface area contributed by atoms with Crippen molar-refractivity contribution in [2.45, 2.75) is 50.5 Å². The number of benzene rings is 2. The molecular weight excluding hydrogens is 457 g/mol. The van der Waals surface area contributed by atoms with Crippen LogP contribution < -0.4 is 14.8 Å². The molecule has 1 saturated carbocycles. The second-order valence-corrected chi connectivity index (χ2v) is 11.4. The van der Waals surface area contributed by atoms with E-state index in [0.717, 1.165) is 38.6 Å². The highest BCUT2D eigenvalue weighted by molar-refractivity contribution is 7.58. The predicted molar refractivity (Wildman–Crippen MR) is 131 cm³/mol. The minimum atomic E-state index is -3.36. The molecule has 0 aliphatic heterocycles. The van der Waals surface area contributed by atoms with Gasteiger partial charge >= 0.3 is 0 Å². The van der Waals surface area contributed by atoms with Crippen molar-refractivity contribution in [3.63, 3.8) is 0 Å². The Morgan fingerprint density at radius 3 is 2.47 bits per heavy atom. The minimum absolute atomic E-state index is 0.00780. The van der Waals surface area contributed by atoms with Gasteiger partial charge in [0.05, 0.1) is 6.61 Å². The maximum absolute atomic E-state index is 12.8. The highest BCUT2D eigenvalue weighted by Gasteiger charge is 2.35. The summed E-state index contributed by atoms with van der Waals surface area (Å²) in [6.07, 6.45) is 3.43. The monoisotopic (exact) mass is 493 g/mol. The fraction of sp³-hybridized carbons (Fsp3) is 0.520. The maximum Gasteiger partial charge on any atom is 0.239 e. The molecule has 2 aromatic rings. The van der Waals surface area contributed by atoms with E-state index < -0.39 is 13.5 Å². The van der Waals surface area contributed by atoms with Crippen molar-refractivity contribution in [2.75, 3.05) is 26.0 Å². The number of aliphatic hydroxyl groups is 2. The van der Waals surface area contributed by atoms with Crippen LogP contribution in [0, 0.1) is 5.92 Å². The first-order valence-electron chi connectivity index (χ1n) is 11.8. The molecule has 8 nitrogen and oxygen atoms in total. The summed E-state index contributed by atoms with van der Waals surface area (Å²) < 4.78 is 23.8. The molecule has 5 N–H and O–H groups in total. The molecule has 9 heteroatoms. The summed E-state index contributed by atoms with van der Waals surface area (Å²) in [5, 5.41) is 32.1. The summed E-state index contributed by atoms with van der Waals surface area (Å²) in [6.45, 7) is 0.966. The largest absolute Gasteiger partial charge is 0.508 e. The molecular formula is C25H36NO7P. The van der Waals surface area contributed by atoms with Gasteiger partial charge in [0.15, 0.2) is 6.35 Å². The molecule has 0 bridgehead atoms. The smallest absolute Gasteiger partial charge is 0.239 e. The number of aromatic hydroxyl groups is 1. The van der Waals surface area contributed by atoms with E-state index in [1.807, 2.05) is 18.2 Å². The first-order chi connectivity index (χ1) is 16.4. The fourth-order valence-corrected chi connectivity index (χ4v) is 5.88. The SMILES string of the molecule is O=P(O)(COc1ccccc1)C1CCC(CCNC[C@H](O)COc2ccc(O)c(CO)c2)CC1. The van der Waals surface area contributed by atoms with E-state index in [0.29, 0.717) is 29.5 Å². The highest BCUT2D eigenvalue weighted by Crippen LogP contribution is 2.52. The van der Waals surface area contributed by atoms with Gasteiger partial charge in [-0.2, -0.15) is 0 Å². The van der Waals surface area contributed by atoms with Crippen molar-refractivity contribution in [3.8, 4) is 17.2 Å². The Kier molecular flexibility index (Phi) is 10.2. The molecule has 1 aliphatic carbocycles. The van der Waals surface area contributed by atoms with Crippen LogP contribution in [-0.4, -0.2) is 58.0 Å². The zero-order valence-corrected chi connectivity index (χ0v) is 20.3. The maximum atomic E-state index is 12.8. The lowest BCUT2D eigenvalue weighted by molar-refractivity contribution is 0.106. The van der Waals surface area contributed by atoms with Crippen LogP contribution in [0.5, 0.6) is 17.2 Å².